The Labute approximate surface area is 162 Å². The first kappa shape index (κ1) is 19.9. The lowest BCUT2D eigenvalue weighted by Crippen LogP contribution is -2.73. The third-order valence-corrected chi connectivity index (χ3v) is 6.91. The second-order valence-electron chi connectivity index (χ2n) is 8.30. The number of rotatable bonds is 5. The molecule has 0 aromatic heterocycles. The lowest BCUT2D eigenvalue weighted by Gasteiger charge is -2.57. The van der Waals surface area contributed by atoms with E-state index < -0.39 is 5.97 Å². The summed E-state index contributed by atoms with van der Waals surface area (Å²) in [6.07, 6.45) is 6.63. The molecule has 1 N–H and O–H groups in total. The summed E-state index contributed by atoms with van der Waals surface area (Å²) in [5.74, 6) is -0.327. The van der Waals surface area contributed by atoms with Crippen molar-refractivity contribution in [1.82, 2.24) is 0 Å². The molecule has 2 fully saturated rings. The fourth-order valence-electron chi connectivity index (χ4n) is 5.23. The molecule has 1 heterocycles. The molecule has 1 saturated carbocycles. The Morgan fingerprint density at radius 3 is 2.30 bits per heavy atom. The normalized spacial score (nSPS) is 20.4. The third kappa shape index (κ3) is 3.27. The van der Waals surface area contributed by atoms with Gasteiger partial charge in [-0.3, -0.25) is 4.79 Å². The van der Waals surface area contributed by atoms with Crippen LogP contribution in [0.1, 0.15) is 66.9 Å². The van der Waals surface area contributed by atoms with Gasteiger partial charge >= 0.3 is 5.97 Å². The molecule has 5 heteroatoms. The van der Waals surface area contributed by atoms with Crippen LogP contribution in [0, 0.1) is 13.8 Å². The largest absolute Gasteiger partial charge is 0.465 e. The fraction of sp³-hybridized carbons (Fsp3) is 0.636. The zero-order valence-electron chi connectivity index (χ0n) is 17.2. The number of likely N-dealkylation sites (tertiary alicyclic amines) is 1. The molecule has 0 bridgehead atoms. The molecule has 1 amide bonds. The number of anilines is 1. The van der Waals surface area contributed by atoms with Crippen molar-refractivity contribution in [2.24, 2.45) is 0 Å². The molecule has 27 heavy (non-hydrogen) atoms. The Hall–Kier alpha value is -1.88. The monoisotopic (exact) mass is 373 g/mol. The number of benzene rings is 1. The number of methoxy groups -OCH3 is 1. The molecule has 2 aliphatic rings. The van der Waals surface area contributed by atoms with Gasteiger partial charge in [0.2, 0.25) is 0 Å². The van der Waals surface area contributed by atoms with E-state index in [2.05, 4.69) is 12.2 Å². The molecular formula is C22H33N2O3+. The molecule has 1 saturated heterocycles. The fourth-order valence-corrected chi connectivity index (χ4v) is 5.23. The van der Waals surface area contributed by atoms with E-state index in [-0.39, 0.29) is 11.4 Å². The minimum atomic E-state index is -0.405. The van der Waals surface area contributed by atoms with Crippen molar-refractivity contribution >= 4 is 17.6 Å². The Kier molecular flexibility index (Phi) is 5.61. The quantitative estimate of drug-likeness (QED) is 0.628. The summed E-state index contributed by atoms with van der Waals surface area (Å²) in [5, 5.41) is 3.17. The van der Waals surface area contributed by atoms with Gasteiger partial charge in [-0.05, 0) is 63.6 Å². The number of piperidine rings is 1. The maximum absolute atomic E-state index is 13.6. The van der Waals surface area contributed by atoms with Crippen LogP contribution in [0.4, 0.5) is 5.69 Å². The molecule has 1 aliphatic heterocycles. The molecule has 148 valence electrons. The highest BCUT2D eigenvalue weighted by atomic mass is 16.5. The van der Waals surface area contributed by atoms with Crippen LogP contribution in [0.25, 0.3) is 0 Å². The second kappa shape index (κ2) is 7.63. The van der Waals surface area contributed by atoms with Gasteiger partial charge in [0.05, 0.1) is 38.0 Å². The minimum Gasteiger partial charge on any atom is -0.465 e. The highest BCUT2D eigenvalue weighted by molar-refractivity contribution is 6.05. The van der Waals surface area contributed by atoms with E-state index >= 15 is 0 Å². The number of carbonyl (C=O) groups is 2. The van der Waals surface area contributed by atoms with Gasteiger partial charge in [-0.25, -0.2) is 4.79 Å². The molecule has 0 unspecified atom stereocenters. The van der Waals surface area contributed by atoms with Gasteiger partial charge in [0, 0.05) is 12.8 Å². The van der Waals surface area contributed by atoms with Crippen molar-refractivity contribution in [3.8, 4) is 0 Å². The van der Waals surface area contributed by atoms with Gasteiger partial charge in [0.1, 0.15) is 0 Å². The van der Waals surface area contributed by atoms with Gasteiger partial charge in [0.15, 0.2) is 5.54 Å². The summed E-state index contributed by atoms with van der Waals surface area (Å²) in [4.78, 5) is 25.9. The summed E-state index contributed by atoms with van der Waals surface area (Å²) in [7, 11) is 1.38. The van der Waals surface area contributed by atoms with E-state index in [4.69, 9.17) is 4.74 Å². The SMILES string of the molecule is CC[N+]1(C2(C(=O)Nc3c(C)cc(C)cc3C(=O)OC)CCC2)CCCCC1. The van der Waals surface area contributed by atoms with Crippen LogP contribution in [0.3, 0.4) is 0 Å². The highest BCUT2D eigenvalue weighted by Gasteiger charge is 2.59. The molecule has 0 atom stereocenters. The number of carbonyl (C=O) groups excluding carboxylic acids is 2. The standard InChI is InChI=1S/C22H32N2O3/c1-5-24(12-7-6-8-13-24)22(10-9-11-22)21(26)23-19-17(3)14-16(2)15-18(19)20(25)27-4/h14-15H,5-13H2,1-4H3/p+1. The number of esters is 1. The summed E-state index contributed by atoms with van der Waals surface area (Å²) in [6.45, 7) is 9.26. The van der Waals surface area contributed by atoms with E-state index in [1.807, 2.05) is 19.9 Å². The van der Waals surface area contributed by atoms with E-state index in [0.29, 0.717) is 11.3 Å². The zero-order chi connectivity index (χ0) is 19.7. The van der Waals surface area contributed by atoms with Crippen molar-refractivity contribution < 1.29 is 18.8 Å². The van der Waals surface area contributed by atoms with Crippen LogP contribution >= 0.6 is 0 Å². The number of amides is 1. The van der Waals surface area contributed by atoms with Gasteiger partial charge in [-0.1, -0.05) is 6.07 Å². The van der Waals surface area contributed by atoms with Crippen LogP contribution in [-0.4, -0.2) is 48.6 Å². The molecule has 3 rings (SSSR count). The van der Waals surface area contributed by atoms with Crippen molar-refractivity contribution in [3.63, 3.8) is 0 Å². The maximum Gasteiger partial charge on any atom is 0.339 e. The predicted octanol–water partition coefficient (Wildman–Crippen LogP) is 3.97. The molecule has 1 aromatic carbocycles. The minimum absolute atomic E-state index is 0.0783. The molecule has 5 nitrogen and oxygen atoms in total. The highest BCUT2D eigenvalue weighted by Crippen LogP contribution is 2.46. The average molecular weight is 374 g/mol. The number of aryl methyl sites for hydroxylation is 2. The summed E-state index contributed by atoms with van der Waals surface area (Å²) in [5.41, 5.74) is 2.59. The Morgan fingerprint density at radius 1 is 1.11 bits per heavy atom. The molecule has 1 aliphatic carbocycles. The predicted molar refractivity (Wildman–Crippen MR) is 107 cm³/mol. The van der Waals surface area contributed by atoms with Crippen molar-refractivity contribution in [1.29, 1.82) is 0 Å². The van der Waals surface area contributed by atoms with Crippen LogP contribution < -0.4 is 5.32 Å². The number of hydrogen-bond donors (Lipinski definition) is 1. The molecular weight excluding hydrogens is 340 g/mol. The maximum atomic E-state index is 13.6. The number of nitrogens with one attached hydrogen (secondary N) is 1. The number of quaternary nitrogens is 1. The van der Waals surface area contributed by atoms with Crippen LogP contribution in [-0.2, 0) is 9.53 Å². The first-order valence-corrected chi connectivity index (χ1v) is 10.3. The first-order valence-electron chi connectivity index (χ1n) is 10.3. The number of nitrogens with zero attached hydrogens (tertiary/aromatic N) is 1. The van der Waals surface area contributed by atoms with Crippen molar-refractivity contribution in [3.05, 3.63) is 28.8 Å². The smallest absolute Gasteiger partial charge is 0.339 e. The number of ether oxygens (including phenoxy) is 1. The summed E-state index contributed by atoms with van der Waals surface area (Å²) < 4.78 is 5.86. The van der Waals surface area contributed by atoms with Gasteiger partial charge < -0.3 is 14.5 Å². The molecule has 1 aromatic rings. The summed E-state index contributed by atoms with van der Waals surface area (Å²) >= 11 is 0. The Morgan fingerprint density at radius 2 is 1.78 bits per heavy atom. The van der Waals surface area contributed by atoms with Gasteiger partial charge in [0.25, 0.3) is 5.91 Å². The van der Waals surface area contributed by atoms with E-state index in [1.54, 1.807) is 6.07 Å². The summed E-state index contributed by atoms with van der Waals surface area (Å²) in [6, 6.07) is 3.80. The number of likely N-dealkylation sites (N-methyl/N-ethyl adjacent to an activating group) is 1. The third-order valence-electron chi connectivity index (χ3n) is 6.91. The lowest BCUT2D eigenvalue weighted by molar-refractivity contribution is -0.974. The molecule has 0 spiro atoms. The topological polar surface area (TPSA) is 55.4 Å². The van der Waals surface area contributed by atoms with E-state index in [0.717, 1.165) is 54.5 Å². The zero-order valence-corrected chi connectivity index (χ0v) is 17.2. The van der Waals surface area contributed by atoms with E-state index in [9.17, 15) is 9.59 Å². The Balaban J connectivity index is 1.96. The van der Waals surface area contributed by atoms with Crippen LogP contribution in [0.5, 0.6) is 0 Å². The van der Waals surface area contributed by atoms with E-state index in [1.165, 1.54) is 26.4 Å². The van der Waals surface area contributed by atoms with Crippen LogP contribution in [0.2, 0.25) is 0 Å². The Bertz CT molecular complexity index is 731. The van der Waals surface area contributed by atoms with Gasteiger partial charge in [-0.15, -0.1) is 0 Å². The van der Waals surface area contributed by atoms with Crippen LogP contribution in [0.15, 0.2) is 12.1 Å². The second-order valence-corrected chi connectivity index (χ2v) is 8.30. The molecule has 0 radical (unpaired) electrons. The first-order chi connectivity index (χ1) is 12.9. The lowest BCUT2D eigenvalue weighted by atomic mass is 9.71. The van der Waals surface area contributed by atoms with Crippen molar-refractivity contribution in [2.45, 2.75) is 64.8 Å². The van der Waals surface area contributed by atoms with Crippen molar-refractivity contribution in [2.75, 3.05) is 32.1 Å². The van der Waals surface area contributed by atoms with Gasteiger partial charge in [-0.2, -0.15) is 0 Å². The number of hydrogen-bond acceptors (Lipinski definition) is 3. The average Bonchev–Trinajstić information content (AvgIpc) is 2.62.